The van der Waals surface area contributed by atoms with E-state index in [1.165, 1.54) is 6.92 Å². The lowest BCUT2D eigenvalue weighted by Gasteiger charge is -1.99. The number of carboxylic acid groups (broad SMARTS) is 1. The maximum atomic E-state index is 10.3. The molecule has 0 spiro atoms. The van der Waals surface area contributed by atoms with Crippen molar-refractivity contribution in [1.29, 1.82) is 0 Å². The van der Waals surface area contributed by atoms with Gasteiger partial charge in [-0.2, -0.15) is 0 Å². The Kier molecular flexibility index (Phi) is 3.72. The predicted octanol–water partition coefficient (Wildman–Crippen LogP) is 0.790. The highest BCUT2D eigenvalue weighted by atomic mass is 16.4. The van der Waals surface area contributed by atoms with Crippen molar-refractivity contribution in [3.8, 4) is 0 Å². The van der Waals surface area contributed by atoms with Gasteiger partial charge in [0.25, 0.3) is 0 Å². The second-order valence-corrected chi connectivity index (χ2v) is 2.18. The Balaban J connectivity index is 4.19. The zero-order valence-electron chi connectivity index (χ0n) is 6.22. The summed E-state index contributed by atoms with van der Waals surface area (Å²) in [6.45, 7) is 3.25. The Hall–Kier alpha value is -0.830. The van der Waals surface area contributed by atoms with Gasteiger partial charge >= 0.3 is 5.97 Å². The molecule has 0 heterocycles. The van der Waals surface area contributed by atoms with Gasteiger partial charge in [0.05, 0.1) is 0 Å². The van der Waals surface area contributed by atoms with Crippen LogP contribution in [0.4, 0.5) is 0 Å². The first-order chi connectivity index (χ1) is 4.59. The average molecular weight is 144 g/mol. The fourth-order valence-corrected chi connectivity index (χ4v) is 0.538. The molecule has 0 aromatic heterocycles. The van der Waals surface area contributed by atoms with Crippen LogP contribution in [-0.4, -0.2) is 22.8 Å². The summed E-state index contributed by atoms with van der Waals surface area (Å²) in [6, 6.07) is 0. The van der Waals surface area contributed by atoms with Gasteiger partial charge in [0, 0.05) is 12.2 Å². The summed E-state index contributed by atoms with van der Waals surface area (Å²) >= 11 is 0. The molecule has 0 saturated heterocycles. The number of carboxylic acids is 1. The standard InChI is InChI=1S/C7H12O3/c1-5(3-4-8)6(2)7(9)10/h8H,3-4H2,1-2H3,(H,9,10). The molecule has 0 saturated carbocycles. The van der Waals surface area contributed by atoms with Gasteiger partial charge in [-0.05, 0) is 20.3 Å². The quantitative estimate of drug-likeness (QED) is 0.576. The number of carbonyl (C=O) groups is 1. The van der Waals surface area contributed by atoms with Gasteiger partial charge in [0.2, 0.25) is 0 Å². The fraction of sp³-hybridized carbons (Fsp3) is 0.571. The second kappa shape index (κ2) is 4.06. The van der Waals surface area contributed by atoms with Crippen LogP contribution in [0.25, 0.3) is 0 Å². The van der Waals surface area contributed by atoms with Crippen LogP contribution < -0.4 is 0 Å². The first-order valence-electron chi connectivity index (χ1n) is 3.10. The molecule has 0 aromatic carbocycles. The van der Waals surface area contributed by atoms with E-state index in [9.17, 15) is 4.79 Å². The van der Waals surface area contributed by atoms with Crippen molar-refractivity contribution < 1.29 is 15.0 Å². The van der Waals surface area contributed by atoms with E-state index in [2.05, 4.69) is 0 Å². The number of hydrogen-bond acceptors (Lipinski definition) is 2. The average Bonchev–Trinajstić information content (AvgIpc) is 1.87. The van der Waals surface area contributed by atoms with Crippen LogP contribution in [0.5, 0.6) is 0 Å². The summed E-state index contributed by atoms with van der Waals surface area (Å²) in [5, 5.41) is 16.9. The number of aliphatic hydroxyl groups excluding tert-OH is 1. The van der Waals surface area contributed by atoms with Crippen LogP contribution in [0, 0.1) is 0 Å². The van der Waals surface area contributed by atoms with E-state index in [1.54, 1.807) is 6.92 Å². The predicted molar refractivity (Wildman–Crippen MR) is 37.7 cm³/mol. The third-order valence-corrected chi connectivity index (χ3v) is 1.45. The highest BCUT2D eigenvalue weighted by Gasteiger charge is 2.03. The summed E-state index contributed by atoms with van der Waals surface area (Å²) in [4.78, 5) is 10.3. The number of aliphatic carboxylic acids is 1. The van der Waals surface area contributed by atoms with Crippen LogP contribution in [0.15, 0.2) is 11.1 Å². The van der Waals surface area contributed by atoms with Gasteiger partial charge in [-0.3, -0.25) is 0 Å². The molecule has 0 rings (SSSR count). The molecule has 3 heteroatoms. The molecule has 58 valence electrons. The molecule has 0 bridgehead atoms. The van der Waals surface area contributed by atoms with E-state index in [4.69, 9.17) is 10.2 Å². The summed E-state index contributed by atoms with van der Waals surface area (Å²) in [6.07, 6.45) is 0.443. The molecule has 0 aromatic rings. The highest BCUT2D eigenvalue weighted by Crippen LogP contribution is 2.06. The maximum absolute atomic E-state index is 10.3. The van der Waals surface area contributed by atoms with Crippen molar-refractivity contribution in [3.63, 3.8) is 0 Å². The third kappa shape index (κ3) is 2.64. The molecule has 10 heavy (non-hydrogen) atoms. The molecule has 0 fully saturated rings. The number of aliphatic hydroxyl groups is 1. The highest BCUT2D eigenvalue weighted by molar-refractivity contribution is 5.86. The van der Waals surface area contributed by atoms with Gasteiger partial charge in [-0.15, -0.1) is 0 Å². The van der Waals surface area contributed by atoms with Gasteiger partial charge < -0.3 is 10.2 Å². The zero-order chi connectivity index (χ0) is 8.15. The summed E-state index contributed by atoms with van der Waals surface area (Å²) in [5.74, 6) is -0.911. The number of rotatable bonds is 3. The molecule has 0 aliphatic rings. The minimum atomic E-state index is -0.911. The molecular formula is C7H12O3. The van der Waals surface area contributed by atoms with E-state index in [-0.39, 0.29) is 6.61 Å². The van der Waals surface area contributed by atoms with E-state index in [0.29, 0.717) is 12.0 Å². The van der Waals surface area contributed by atoms with Gasteiger partial charge in [-0.1, -0.05) is 5.57 Å². The van der Waals surface area contributed by atoms with Crippen molar-refractivity contribution in [2.75, 3.05) is 6.61 Å². The Morgan fingerprint density at radius 2 is 1.90 bits per heavy atom. The molecule has 2 N–H and O–H groups in total. The van der Waals surface area contributed by atoms with Gasteiger partial charge in [0.15, 0.2) is 0 Å². The minimum absolute atomic E-state index is 0.0104. The zero-order valence-corrected chi connectivity index (χ0v) is 6.22. The van der Waals surface area contributed by atoms with Crippen LogP contribution in [0.3, 0.4) is 0 Å². The van der Waals surface area contributed by atoms with Gasteiger partial charge in [-0.25, -0.2) is 4.79 Å². The molecule has 0 aliphatic carbocycles. The normalized spacial score (nSPS) is 12.7. The Bertz CT molecular complexity index is 158. The molecule has 3 nitrogen and oxygen atoms in total. The third-order valence-electron chi connectivity index (χ3n) is 1.45. The first kappa shape index (κ1) is 9.17. The number of hydrogen-bond donors (Lipinski definition) is 2. The summed E-state index contributed by atoms with van der Waals surface area (Å²) in [7, 11) is 0. The van der Waals surface area contributed by atoms with Crippen molar-refractivity contribution >= 4 is 5.97 Å². The summed E-state index contributed by atoms with van der Waals surface area (Å²) in [5.41, 5.74) is 1.06. The van der Waals surface area contributed by atoms with E-state index >= 15 is 0 Å². The van der Waals surface area contributed by atoms with Crippen LogP contribution >= 0.6 is 0 Å². The van der Waals surface area contributed by atoms with Crippen molar-refractivity contribution in [2.45, 2.75) is 20.3 Å². The van der Waals surface area contributed by atoms with E-state index < -0.39 is 5.97 Å². The van der Waals surface area contributed by atoms with Crippen molar-refractivity contribution in [1.82, 2.24) is 0 Å². The van der Waals surface area contributed by atoms with Crippen LogP contribution in [0.1, 0.15) is 20.3 Å². The minimum Gasteiger partial charge on any atom is -0.478 e. The second-order valence-electron chi connectivity index (χ2n) is 2.18. The van der Waals surface area contributed by atoms with E-state index in [0.717, 1.165) is 5.57 Å². The molecule has 0 amide bonds. The molecule has 0 atom stereocenters. The molecule has 0 aliphatic heterocycles. The topological polar surface area (TPSA) is 57.5 Å². The van der Waals surface area contributed by atoms with Crippen LogP contribution in [-0.2, 0) is 4.79 Å². The molecular weight excluding hydrogens is 132 g/mol. The monoisotopic (exact) mass is 144 g/mol. The van der Waals surface area contributed by atoms with Crippen LogP contribution in [0.2, 0.25) is 0 Å². The lowest BCUT2D eigenvalue weighted by atomic mass is 10.1. The smallest absolute Gasteiger partial charge is 0.331 e. The Morgan fingerprint density at radius 3 is 2.20 bits per heavy atom. The molecule has 0 unspecified atom stereocenters. The maximum Gasteiger partial charge on any atom is 0.331 e. The lowest BCUT2D eigenvalue weighted by molar-refractivity contribution is -0.132. The Morgan fingerprint density at radius 1 is 1.40 bits per heavy atom. The SMILES string of the molecule is CC(CCO)=C(C)C(=O)O. The van der Waals surface area contributed by atoms with Gasteiger partial charge in [0.1, 0.15) is 0 Å². The first-order valence-corrected chi connectivity index (χ1v) is 3.10. The lowest BCUT2D eigenvalue weighted by Crippen LogP contribution is -2.00. The molecule has 0 radical (unpaired) electrons. The largest absolute Gasteiger partial charge is 0.478 e. The van der Waals surface area contributed by atoms with Crippen molar-refractivity contribution in [3.05, 3.63) is 11.1 Å². The Labute approximate surface area is 60.0 Å². The fourth-order valence-electron chi connectivity index (χ4n) is 0.538. The van der Waals surface area contributed by atoms with Crippen molar-refractivity contribution in [2.24, 2.45) is 0 Å². The summed E-state index contributed by atoms with van der Waals surface area (Å²) < 4.78 is 0. The van der Waals surface area contributed by atoms with E-state index in [1.807, 2.05) is 0 Å².